The molecule has 1 aliphatic rings. The average Bonchev–Trinajstić information content (AvgIpc) is 3.08. The SMILES string of the molecule is N#Cc1ccc(NC(c2ccccc2)C2CCCC2)nc1. The van der Waals surface area contributed by atoms with E-state index in [1.165, 1.54) is 31.2 Å². The highest BCUT2D eigenvalue weighted by molar-refractivity contribution is 5.42. The molecular weight excluding hydrogens is 258 g/mol. The van der Waals surface area contributed by atoms with Gasteiger partial charge in [-0.3, -0.25) is 0 Å². The van der Waals surface area contributed by atoms with Gasteiger partial charge in [-0.05, 0) is 36.5 Å². The maximum Gasteiger partial charge on any atom is 0.126 e. The van der Waals surface area contributed by atoms with E-state index in [0.717, 1.165) is 5.82 Å². The molecule has 2 aromatic rings. The molecular formula is C18H19N3. The molecule has 0 spiro atoms. The summed E-state index contributed by atoms with van der Waals surface area (Å²) in [4.78, 5) is 4.35. The zero-order chi connectivity index (χ0) is 14.5. The number of hydrogen-bond donors (Lipinski definition) is 1. The van der Waals surface area contributed by atoms with E-state index in [0.29, 0.717) is 17.5 Å². The van der Waals surface area contributed by atoms with Crippen LogP contribution in [0.2, 0.25) is 0 Å². The van der Waals surface area contributed by atoms with Crippen molar-refractivity contribution in [2.45, 2.75) is 31.7 Å². The molecule has 0 saturated heterocycles. The van der Waals surface area contributed by atoms with Crippen LogP contribution in [-0.2, 0) is 0 Å². The lowest BCUT2D eigenvalue weighted by atomic mass is 9.91. The lowest BCUT2D eigenvalue weighted by Gasteiger charge is -2.25. The van der Waals surface area contributed by atoms with Gasteiger partial charge in [-0.25, -0.2) is 4.98 Å². The highest BCUT2D eigenvalue weighted by atomic mass is 15.0. The monoisotopic (exact) mass is 277 g/mol. The number of pyridine rings is 1. The second-order valence-corrected chi connectivity index (χ2v) is 5.62. The number of rotatable bonds is 4. The molecule has 0 aliphatic heterocycles. The van der Waals surface area contributed by atoms with Crippen LogP contribution in [0.15, 0.2) is 48.7 Å². The molecule has 1 saturated carbocycles. The van der Waals surface area contributed by atoms with Crippen LogP contribution < -0.4 is 5.32 Å². The normalized spacial score (nSPS) is 16.3. The lowest BCUT2D eigenvalue weighted by Crippen LogP contribution is -2.19. The molecule has 1 heterocycles. The second kappa shape index (κ2) is 6.41. The Labute approximate surface area is 125 Å². The number of aromatic nitrogens is 1. The van der Waals surface area contributed by atoms with E-state index in [1.54, 1.807) is 6.20 Å². The predicted molar refractivity (Wildman–Crippen MR) is 83.7 cm³/mol. The number of nitriles is 1. The Morgan fingerprint density at radius 1 is 1.10 bits per heavy atom. The van der Waals surface area contributed by atoms with Gasteiger partial charge in [0.25, 0.3) is 0 Å². The summed E-state index contributed by atoms with van der Waals surface area (Å²) < 4.78 is 0. The van der Waals surface area contributed by atoms with Crippen LogP contribution in [0.4, 0.5) is 5.82 Å². The van der Waals surface area contributed by atoms with Crippen molar-refractivity contribution < 1.29 is 0 Å². The van der Waals surface area contributed by atoms with Crippen molar-refractivity contribution in [2.75, 3.05) is 5.32 Å². The quantitative estimate of drug-likeness (QED) is 0.906. The number of nitrogens with zero attached hydrogens (tertiary/aromatic N) is 2. The van der Waals surface area contributed by atoms with E-state index in [9.17, 15) is 0 Å². The van der Waals surface area contributed by atoms with Crippen molar-refractivity contribution in [1.29, 1.82) is 5.26 Å². The van der Waals surface area contributed by atoms with E-state index < -0.39 is 0 Å². The van der Waals surface area contributed by atoms with Crippen molar-refractivity contribution in [3.8, 4) is 6.07 Å². The van der Waals surface area contributed by atoms with Gasteiger partial charge in [0, 0.05) is 6.20 Å². The minimum absolute atomic E-state index is 0.300. The Hall–Kier alpha value is -2.34. The standard InChI is InChI=1S/C18H19N3/c19-12-14-10-11-17(20-13-14)21-18(16-8-4-5-9-16)15-6-2-1-3-7-15/h1-3,6-7,10-11,13,16,18H,4-5,8-9H2,(H,20,21). The van der Waals surface area contributed by atoms with Gasteiger partial charge in [0.15, 0.2) is 0 Å². The first-order chi connectivity index (χ1) is 10.4. The zero-order valence-electron chi connectivity index (χ0n) is 12.0. The predicted octanol–water partition coefficient (Wildman–Crippen LogP) is 4.30. The molecule has 1 aromatic carbocycles. The van der Waals surface area contributed by atoms with Crippen molar-refractivity contribution >= 4 is 5.82 Å². The molecule has 3 nitrogen and oxygen atoms in total. The molecule has 1 aliphatic carbocycles. The van der Waals surface area contributed by atoms with Crippen LogP contribution in [0.25, 0.3) is 0 Å². The van der Waals surface area contributed by atoms with Gasteiger partial charge in [0.2, 0.25) is 0 Å². The van der Waals surface area contributed by atoms with Gasteiger partial charge < -0.3 is 5.32 Å². The topological polar surface area (TPSA) is 48.7 Å². The van der Waals surface area contributed by atoms with E-state index in [-0.39, 0.29) is 0 Å². The third kappa shape index (κ3) is 3.22. The molecule has 0 radical (unpaired) electrons. The number of hydrogen-bond acceptors (Lipinski definition) is 3. The fraction of sp³-hybridized carbons (Fsp3) is 0.333. The summed E-state index contributed by atoms with van der Waals surface area (Å²) in [7, 11) is 0. The number of nitrogens with one attached hydrogen (secondary N) is 1. The largest absolute Gasteiger partial charge is 0.363 e. The van der Waals surface area contributed by atoms with Crippen LogP contribution >= 0.6 is 0 Å². The molecule has 21 heavy (non-hydrogen) atoms. The molecule has 1 fully saturated rings. The first kappa shape index (κ1) is 13.6. The fourth-order valence-corrected chi connectivity index (χ4v) is 3.13. The summed E-state index contributed by atoms with van der Waals surface area (Å²) in [6.45, 7) is 0. The highest BCUT2D eigenvalue weighted by Gasteiger charge is 2.26. The van der Waals surface area contributed by atoms with Crippen LogP contribution in [-0.4, -0.2) is 4.98 Å². The van der Waals surface area contributed by atoms with Crippen molar-refractivity contribution in [2.24, 2.45) is 5.92 Å². The van der Waals surface area contributed by atoms with E-state index >= 15 is 0 Å². The van der Waals surface area contributed by atoms with Gasteiger partial charge in [0.1, 0.15) is 11.9 Å². The third-order valence-electron chi connectivity index (χ3n) is 4.23. The highest BCUT2D eigenvalue weighted by Crippen LogP contribution is 2.37. The van der Waals surface area contributed by atoms with E-state index in [1.807, 2.05) is 12.1 Å². The van der Waals surface area contributed by atoms with Crippen LogP contribution in [0, 0.1) is 17.2 Å². The maximum atomic E-state index is 8.85. The molecule has 106 valence electrons. The zero-order valence-corrected chi connectivity index (χ0v) is 12.0. The Morgan fingerprint density at radius 2 is 1.86 bits per heavy atom. The van der Waals surface area contributed by atoms with Crippen molar-refractivity contribution in [3.05, 3.63) is 59.8 Å². The Bertz CT molecular complexity index is 607. The molecule has 0 bridgehead atoms. The fourth-order valence-electron chi connectivity index (χ4n) is 3.13. The first-order valence-corrected chi connectivity index (χ1v) is 7.54. The summed E-state index contributed by atoms with van der Waals surface area (Å²) in [5.41, 5.74) is 1.91. The summed E-state index contributed by atoms with van der Waals surface area (Å²) in [5, 5.41) is 12.4. The average molecular weight is 277 g/mol. The summed E-state index contributed by atoms with van der Waals surface area (Å²) in [6.07, 6.45) is 6.79. The van der Waals surface area contributed by atoms with E-state index in [2.05, 4.69) is 46.7 Å². The smallest absolute Gasteiger partial charge is 0.126 e. The lowest BCUT2D eigenvalue weighted by molar-refractivity contribution is 0.469. The summed E-state index contributed by atoms with van der Waals surface area (Å²) in [6, 6.07) is 16.7. The third-order valence-corrected chi connectivity index (χ3v) is 4.23. The minimum Gasteiger partial charge on any atom is -0.363 e. The van der Waals surface area contributed by atoms with Crippen LogP contribution in [0.1, 0.15) is 42.9 Å². The summed E-state index contributed by atoms with van der Waals surface area (Å²) in [5.74, 6) is 1.50. The molecule has 3 rings (SSSR count). The van der Waals surface area contributed by atoms with Crippen molar-refractivity contribution in [3.63, 3.8) is 0 Å². The van der Waals surface area contributed by atoms with Crippen molar-refractivity contribution in [1.82, 2.24) is 4.98 Å². The maximum absolute atomic E-state index is 8.85. The van der Waals surface area contributed by atoms with Gasteiger partial charge in [0.05, 0.1) is 11.6 Å². The Kier molecular flexibility index (Phi) is 4.16. The van der Waals surface area contributed by atoms with Crippen LogP contribution in [0.5, 0.6) is 0 Å². The number of benzene rings is 1. The van der Waals surface area contributed by atoms with E-state index in [4.69, 9.17) is 5.26 Å². The minimum atomic E-state index is 0.300. The van der Waals surface area contributed by atoms with Gasteiger partial charge in [-0.2, -0.15) is 5.26 Å². The Morgan fingerprint density at radius 3 is 2.48 bits per heavy atom. The van der Waals surface area contributed by atoms with Crippen LogP contribution in [0.3, 0.4) is 0 Å². The van der Waals surface area contributed by atoms with Gasteiger partial charge in [-0.1, -0.05) is 43.2 Å². The van der Waals surface area contributed by atoms with Gasteiger partial charge in [-0.15, -0.1) is 0 Å². The molecule has 1 unspecified atom stereocenters. The molecule has 1 aromatic heterocycles. The first-order valence-electron chi connectivity index (χ1n) is 7.54. The summed E-state index contributed by atoms with van der Waals surface area (Å²) >= 11 is 0. The second-order valence-electron chi connectivity index (χ2n) is 5.62. The Balaban J connectivity index is 1.83. The number of anilines is 1. The van der Waals surface area contributed by atoms with Gasteiger partial charge >= 0.3 is 0 Å². The molecule has 1 atom stereocenters. The molecule has 1 N–H and O–H groups in total. The molecule has 0 amide bonds. The molecule has 3 heteroatoms.